The molecule has 8 heteroatoms. The molecule has 20 heavy (non-hydrogen) atoms. The molecule has 0 spiro atoms. The van der Waals surface area contributed by atoms with Crippen molar-refractivity contribution in [2.75, 3.05) is 5.75 Å². The molecule has 7 nitrogen and oxygen atoms in total. The number of nitrogens with two attached hydrogens (primary N) is 1. The zero-order valence-electron chi connectivity index (χ0n) is 11.9. The van der Waals surface area contributed by atoms with Crippen LogP contribution >= 0.6 is 12.6 Å². The predicted molar refractivity (Wildman–Crippen MR) is 78.5 cm³/mol. The van der Waals surface area contributed by atoms with Crippen molar-refractivity contribution >= 4 is 30.4 Å². The molecule has 0 fully saturated rings. The Bertz CT molecular complexity index is 365. The van der Waals surface area contributed by atoms with Gasteiger partial charge >= 0.3 is 5.97 Å². The fraction of sp³-hybridized carbons (Fsp3) is 0.750. The minimum atomic E-state index is -1.15. The Balaban J connectivity index is 4.58. The van der Waals surface area contributed by atoms with Crippen LogP contribution in [0.1, 0.15) is 27.2 Å². The van der Waals surface area contributed by atoms with Gasteiger partial charge in [0, 0.05) is 5.75 Å². The van der Waals surface area contributed by atoms with Crippen LogP contribution < -0.4 is 16.4 Å². The molecule has 2 amide bonds. The Morgan fingerprint density at radius 1 is 1.20 bits per heavy atom. The van der Waals surface area contributed by atoms with E-state index in [4.69, 9.17) is 10.8 Å². The van der Waals surface area contributed by atoms with E-state index in [-0.39, 0.29) is 11.7 Å². The standard InChI is InChI=1S/C12H23N3O4S/c1-4-6(2)9(13)11(17)15-8(5-20)10(16)14-7(3)12(18)19/h6-9,20H,4-5,13H2,1-3H3,(H,14,16)(H,15,17)(H,18,19). The average molecular weight is 305 g/mol. The highest BCUT2D eigenvalue weighted by Gasteiger charge is 2.26. The quantitative estimate of drug-likeness (QED) is 0.382. The summed E-state index contributed by atoms with van der Waals surface area (Å²) < 4.78 is 0. The van der Waals surface area contributed by atoms with E-state index in [1.165, 1.54) is 6.92 Å². The van der Waals surface area contributed by atoms with Crippen molar-refractivity contribution in [1.29, 1.82) is 0 Å². The highest BCUT2D eigenvalue weighted by Crippen LogP contribution is 2.05. The number of carboxylic acids is 1. The van der Waals surface area contributed by atoms with Crippen molar-refractivity contribution in [2.45, 2.75) is 45.3 Å². The number of hydrogen-bond donors (Lipinski definition) is 5. The lowest BCUT2D eigenvalue weighted by molar-refractivity contribution is -0.141. The second-order valence-corrected chi connectivity index (χ2v) is 5.09. The van der Waals surface area contributed by atoms with Gasteiger partial charge in [0.2, 0.25) is 11.8 Å². The van der Waals surface area contributed by atoms with Crippen molar-refractivity contribution in [1.82, 2.24) is 10.6 Å². The maximum Gasteiger partial charge on any atom is 0.325 e. The minimum Gasteiger partial charge on any atom is -0.480 e. The number of amides is 2. The topological polar surface area (TPSA) is 122 Å². The Kier molecular flexibility index (Phi) is 8.24. The van der Waals surface area contributed by atoms with Crippen LogP contribution in [0.25, 0.3) is 0 Å². The van der Waals surface area contributed by atoms with E-state index in [0.29, 0.717) is 0 Å². The molecule has 4 unspecified atom stereocenters. The smallest absolute Gasteiger partial charge is 0.325 e. The van der Waals surface area contributed by atoms with Crippen LogP contribution in [-0.2, 0) is 14.4 Å². The number of rotatable bonds is 8. The van der Waals surface area contributed by atoms with E-state index in [1.54, 1.807) is 0 Å². The molecule has 0 aliphatic rings. The monoisotopic (exact) mass is 305 g/mol. The van der Waals surface area contributed by atoms with Gasteiger partial charge < -0.3 is 21.5 Å². The second kappa shape index (κ2) is 8.80. The molecular formula is C12H23N3O4S. The Morgan fingerprint density at radius 3 is 2.15 bits per heavy atom. The van der Waals surface area contributed by atoms with Gasteiger partial charge in [0.1, 0.15) is 12.1 Å². The molecule has 0 saturated carbocycles. The zero-order chi connectivity index (χ0) is 15.9. The van der Waals surface area contributed by atoms with Crippen LogP contribution in [0.15, 0.2) is 0 Å². The molecule has 0 aromatic heterocycles. The molecule has 0 saturated heterocycles. The number of carboxylic acid groups (broad SMARTS) is 1. The van der Waals surface area contributed by atoms with Crippen LogP contribution in [0.4, 0.5) is 0 Å². The lowest BCUT2D eigenvalue weighted by Crippen LogP contribution is -2.55. The SMILES string of the molecule is CCC(C)C(N)C(=O)NC(CS)C(=O)NC(C)C(=O)O. The molecular weight excluding hydrogens is 282 g/mol. The average Bonchev–Trinajstić information content (AvgIpc) is 2.41. The van der Waals surface area contributed by atoms with Crippen LogP contribution in [0, 0.1) is 5.92 Å². The van der Waals surface area contributed by atoms with Crippen molar-refractivity contribution in [3.63, 3.8) is 0 Å². The first kappa shape index (κ1) is 18.7. The summed E-state index contributed by atoms with van der Waals surface area (Å²) in [6.07, 6.45) is 0.738. The second-order valence-electron chi connectivity index (χ2n) is 4.72. The summed E-state index contributed by atoms with van der Waals surface area (Å²) in [7, 11) is 0. The van der Waals surface area contributed by atoms with Gasteiger partial charge in [-0.3, -0.25) is 14.4 Å². The van der Waals surface area contributed by atoms with Gasteiger partial charge in [0.25, 0.3) is 0 Å². The van der Waals surface area contributed by atoms with Gasteiger partial charge in [-0.1, -0.05) is 20.3 Å². The largest absolute Gasteiger partial charge is 0.480 e. The zero-order valence-corrected chi connectivity index (χ0v) is 12.8. The maximum absolute atomic E-state index is 11.9. The molecule has 116 valence electrons. The summed E-state index contributed by atoms with van der Waals surface area (Å²) in [5, 5.41) is 13.5. The number of carbonyl (C=O) groups excluding carboxylic acids is 2. The van der Waals surface area contributed by atoms with Crippen molar-refractivity contribution in [2.24, 2.45) is 11.7 Å². The molecule has 0 aromatic carbocycles. The number of thiol groups is 1. The fourth-order valence-corrected chi connectivity index (χ4v) is 1.61. The van der Waals surface area contributed by atoms with Crippen LogP contribution in [0.2, 0.25) is 0 Å². The van der Waals surface area contributed by atoms with Crippen molar-refractivity contribution in [3.8, 4) is 0 Å². The summed E-state index contributed by atoms with van der Waals surface area (Å²) in [6, 6.07) is -2.67. The number of aliphatic carboxylic acids is 1. The first-order chi connectivity index (χ1) is 9.24. The van der Waals surface area contributed by atoms with Gasteiger partial charge in [-0.2, -0.15) is 12.6 Å². The molecule has 4 atom stereocenters. The molecule has 0 rings (SSSR count). The first-order valence-electron chi connectivity index (χ1n) is 6.44. The van der Waals surface area contributed by atoms with E-state index in [9.17, 15) is 14.4 Å². The Hall–Kier alpha value is -1.28. The number of nitrogens with one attached hydrogen (secondary N) is 2. The summed E-state index contributed by atoms with van der Waals surface area (Å²) in [4.78, 5) is 34.3. The summed E-state index contributed by atoms with van der Waals surface area (Å²) in [5.74, 6) is -2.16. The Morgan fingerprint density at radius 2 is 1.75 bits per heavy atom. The molecule has 5 N–H and O–H groups in total. The minimum absolute atomic E-state index is 0.0171. The lowest BCUT2D eigenvalue weighted by Gasteiger charge is -2.22. The van der Waals surface area contributed by atoms with Gasteiger partial charge in [0.15, 0.2) is 0 Å². The van der Waals surface area contributed by atoms with Crippen molar-refractivity contribution < 1.29 is 19.5 Å². The molecule has 0 aliphatic carbocycles. The Labute approximate surface area is 124 Å². The van der Waals surface area contributed by atoms with Gasteiger partial charge in [-0.05, 0) is 12.8 Å². The maximum atomic E-state index is 11.9. The van der Waals surface area contributed by atoms with Crippen LogP contribution in [-0.4, -0.2) is 46.8 Å². The molecule has 0 radical (unpaired) electrons. The predicted octanol–water partition coefficient (Wildman–Crippen LogP) is -0.636. The normalized spacial score (nSPS) is 16.6. The fourth-order valence-electron chi connectivity index (χ4n) is 1.35. The number of hydrogen-bond acceptors (Lipinski definition) is 5. The van der Waals surface area contributed by atoms with E-state index >= 15 is 0 Å². The first-order valence-corrected chi connectivity index (χ1v) is 7.07. The van der Waals surface area contributed by atoms with Crippen molar-refractivity contribution in [3.05, 3.63) is 0 Å². The van der Waals surface area contributed by atoms with E-state index in [0.717, 1.165) is 6.42 Å². The van der Waals surface area contributed by atoms with Crippen LogP contribution in [0.5, 0.6) is 0 Å². The van der Waals surface area contributed by atoms with Gasteiger partial charge in [-0.15, -0.1) is 0 Å². The number of carbonyl (C=O) groups is 3. The van der Waals surface area contributed by atoms with Crippen LogP contribution in [0.3, 0.4) is 0 Å². The van der Waals surface area contributed by atoms with E-state index < -0.39 is 35.9 Å². The summed E-state index contributed by atoms with van der Waals surface area (Å²) >= 11 is 3.98. The lowest BCUT2D eigenvalue weighted by atomic mass is 9.99. The summed E-state index contributed by atoms with van der Waals surface area (Å²) in [6.45, 7) is 5.09. The highest BCUT2D eigenvalue weighted by molar-refractivity contribution is 7.80. The third-order valence-corrected chi connectivity index (χ3v) is 3.47. The highest BCUT2D eigenvalue weighted by atomic mass is 32.1. The molecule has 0 heterocycles. The van der Waals surface area contributed by atoms with E-state index in [1.807, 2.05) is 13.8 Å². The molecule has 0 aliphatic heterocycles. The van der Waals surface area contributed by atoms with Gasteiger partial charge in [-0.25, -0.2) is 0 Å². The van der Waals surface area contributed by atoms with E-state index in [2.05, 4.69) is 23.3 Å². The third-order valence-electron chi connectivity index (χ3n) is 3.10. The third kappa shape index (κ3) is 5.79. The molecule has 0 bridgehead atoms. The molecule has 0 aromatic rings. The summed E-state index contributed by atoms with van der Waals surface area (Å²) in [5.41, 5.74) is 5.76. The van der Waals surface area contributed by atoms with Gasteiger partial charge in [0.05, 0.1) is 6.04 Å².